The van der Waals surface area contributed by atoms with E-state index in [1.807, 2.05) is 0 Å². The van der Waals surface area contributed by atoms with Gasteiger partial charge in [-0.05, 0) is 24.3 Å². The number of nitrogens with one attached hydrogen (secondary N) is 1. The van der Waals surface area contributed by atoms with Crippen LogP contribution in [0.4, 0.5) is 10.1 Å². The van der Waals surface area contributed by atoms with Crippen LogP contribution >= 0.6 is 23.2 Å². The Kier molecular flexibility index (Phi) is 5.67. The molecule has 3 nitrogen and oxygen atoms in total. The van der Waals surface area contributed by atoms with E-state index in [4.69, 9.17) is 27.9 Å². The summed E-state index contributed by atoms with van der Waals surface area (Å²) < 4.78 is 18.8. The van der Waals surface area contributed by atoms with Crippen LogP contribution in [0, 0.1) is 5.82 Å². The molecule has 0 amide bonds. The fraction of sp³-hybridized carbons (Fsp3) is 0.200. The summed E-state index contributed by atoms with van der Waals surface area (Å²) >= 11 is 11.8. The van der Waals surface area contributed by atoms with Crippen molar-refractivity contribution in [2.75, 3.05) is 18.5 Å². The van der Waals surface area contributed by atoms with Gasteiger partial charge in [0.15, 0.2) is 0 Å². The van der Waals surface area contributed by atoms with Crippen LogP contribution in [-0.4, -0.2) is 24.4 Å². The molecule has 0 spiro atoms. The Morgan fingerprint density at radius 2 is 1.95 bits per heavy atom. The Labute approximate surface area is 132 Å². The lowest BCUT2D eigenvalue weighted by Crippen LogP contribution is -2.26. The predicted octanol–water partition coefficient (Wildman–Crippen LogP) is 3.98. The van der Waals surface area contributed by atoms with Crippen molar-refractivity contribution >= 4 is 28.9 Å². The Hall–Kier alpha value is -1.49. The number of hydrogen-bond acceptors (Lipinski definition) is 3. The zero-order chi connectivity index (χ0) is 15.2. The third kappa shape index (κ3) is 4.77. The van der Waals surface area contributed by atoms with Crippen LogP contribution in [0.2, 0.25) is 10.0 Å². The van der Waals surface area contributed by atoms with E-state index in [0.29, 0.717) is 21.5 Å². The highest BCUT2D eigenvalue weighted by Crippen LogP contribution is 2.27. The minimum Gasteiger partial charge on any atom is -0.489 e. The van der Waals surface area contributed by atoms with E-state index in [0.717, 1.165) is 0 Å². The van der Waals surface area contributed by atoms with Crippen molar-refractivity contribution < 1.29 is 14.2 Å². The summed E-state index contributed by atoms with van der Waals surface area (Å²) in [6, 6.07) is 11.1. The van der Waals surface area contributed by atoms with Gasteiger partial charge >= 0.3 is 0 Å². The van der Waals surface area contributed by atoms with E-state index in [9.17, 15) is 9.50 Å². The summed E-state index contributed by atoms with van der Waals surface area (Å²) in [6.07, 6.45) is -0.820. The maximum Gasteiger partial charge on any atom is 0.146 e. The lowest BCUT2D eigenvalue weighted by molar-refractivity contribution is 0.117. The van der Waals surface area contributed by atoms with Gasteiger partial charge in [-0.25, -0.2) is 4.39 Å². The average Bonchev–Trinajstić information content (AvgIpc) is 2.47. The van der Waals surface area contributed by atoms with Crippen molar-refractivity contribution in [2.24, 2.45) is 0 Å². The lowest BCUT2D eigenvalue weighted by Gasteiger charge is -2.15. The maximum absolute atomic E-state index is 13.4. The number of rotatable bonds is 6. The summed E-state index contributed by atoms with van der Waals surface area (Å²) in [7, 11) is 0. The number of ether oxygens (including phenoxy) is 1. The predicted molar refractivity (Wildman–Crippen MR) is 82.9 cm³/mol. The van der Waals surface area contributed by atoms with E-state index in [-0.39, 0.29) is 19.0 Å². The molecule has 0 fully saturated rings. The normalized spacial score (nSPS) is 12.0. The zero-order valence-electron chi connectivity index (χ0n) is 11.0. The molecule has 2 rings (SSSR count). The summed E-state index contributed by atoms with van der Waals surface area (Å²) in [5, 5.41) is 13.6. The Morgan fingerprint density at radius 1 is 1.19 bits per heavy atom. The fourth-order valence-electron chi connectivity index (χ4n) is 1.67. The van der Waals surface area contributed by atoms with Gasteiger partial charge in [0.1, 0.15) is 24.3 Å². The van der Waals surface area contributed by atoms with Gasteiger partial charge in [-0.2, -0.15) is 0 Å². The van der Waals surface area contributed by atoms with E-state index < -0.39 is 6.10 Å². The van der Waals surface area contributed by atoms with Gasteiger partial charge in [-0.1, -0.05) is 35.3 Å². The molecule has 6 heteroatoms. The molecule has 112 valence electrons. The molecule has 2 N–H and O–H groups in total. The van der Waals surface area contributed by atoms with Crippen molar-refractivity contribution in [2.45, 2.75) is 6.10 Å². The van der Waals surface area contributed by atoms with Crippen LogP contribution in [0.1, 0.15) is 0 Å². The van der Waals surface area contributed by atoms with Gasteiger partial charge in [-0.3, -0.25) is 0 Å². The second kappa shape index (κ2) is 7.50. The van der Waals surface area contributed by atoms with Crippen LogP contribution in [-0.2, 0) is 0 Å². The van der Waals surface area contributed by atoms with Crippen LogP contribution in [0.5, 0.6) is 5.75 Å². The minimum absolute atomic E-state index is 0.0154. The number of aliphatic hydroxyl groups is 1. The maximum atomic E-state index is 13.4. The Morgan fingerprint density at radius 3 is 2.71 bits per heavy atom. The topological polar surface area (TPSA) is 41.5 Å². The first-order valence-corrected chi connectivity index (χ1v) is 7.06. The zero-order valence-corrected chi connectivity index (χ0v) is 12.5. The Balaban J connectivity index is 1.84. The number of para-hydroxylation sites is 1. The number of halogens is 3. The largest absolute Gasteiger partial charge is 0.489 e. The van der Waals surface area contributed by atoms with Crippen LogP contribution in [0.3, 0.4) is 0 Å². The van der Waals surface area contributed by atoms with Crippen molar-refractivity contribution in [3.05, 3.63) is 58.3 Å². The van der Waals surface area contributed by atoms with Crippen LogP contribution in [0.15, 0.2) is 42.5 Å². The summed E-state index contributed by atoms with van der Waals surface area (Å²) in [5.74, 6) is 0.0256. The molecule has 0 saturated carbocycles. The van der Waals surface area contributed by atoms with E-state index >= 15 is 0 Å². The first-order chi connectivity index (χ1) is 10.1. The van der Waals surface area contributed by atoms with Crippen molar-refractivity contribution in [3.63, 3.8) is 0 Å². The number of aliphatic hydroxyl groups excluding tert-OH is 1. The number of hydrogen-bond donors (Lipinski definition) is 2. The molecule has 21 heavy (non-hydrogen) atoms. The quantitative estimate of drug-likeness (QED) is 0.842. The minimum atomic E-state index is -0.820. The van der Waals surface area contributed by atoms with Crippen molar-refractivity contribution in [1.82, 2.24) is 0 Å². The smallest absolute Gasteiger partial charge is 0.146 e. The molecule has 0 radical (unpaired) electrons. The molecule has 1 atom stereocenters. The lowest BCUT2D eigenvalue weighted by atomic mass is 10.3. The fourth-order valence-corrected chi connectivity index (χ4v) is 2.00. The molecular weight excluding hydrogens is 316 g/mol. The second-order valence-corrected chi connectivity index (χ2v) is 5.24. The second-order valence-electron chi connectivity index (χ2n) is 4.40. The Bertz CT molecular complexity index is 610. The van der Waals surface area contributed by atoms with E-state index in [2.05, 4.69) is 5.32 Å². The molecule has 0 bridgehead atoms. The first kappa shape index (κ1) is 15.9. The summed E-state index contributed by atoms with van der Waals surface area (Å²) in [6.45, 7) is 0.167. The third-order valence-corrected chi connectivity index (χ3v) is 3.27. The molecular formula is C15H14Cl2FNO2. The van der Waals surface area contributed by atoms with Gasteiger partial charge in [0, 0.05) is 17.6 Å². The van der Waals surface area contributed by atoms with Crippen LogP contribution in [0.25, 0.3) is 0 Å². The van der Waals surface area contributed by atoms with Gasteiger partial charge in [-0.15, -0.1) is 0 Å². The van der Waals surface area contributed by atoms with Crippen molar-refractivity contribution in [3.8, 4) is 5.75 Å². The van der Waals surface area contributed by atoms with Gasteiger partial charge in [0.05, 0.1) is 10.7 Å². The first-order valence-electron chi connectivity index (χ1n) is 6.30. The molecule has 0 saturated heterocycles. The molecule has 0 aliphatic carbocycles. The van der Waals surface area contributed by atoms with Crippen LogP contribution < -0.4 is 10.1 Å². The number of anilines is 1. The molecule has 1 unspecified atom stereocenters. The highest BCUT2D eigenvalue weighted by atomic mass is 35.5. The van der Waals surface area contributed by atoms with Gasteiger partial charge < -0.3 is 15.2 Å². The standard InChI is InChI=1S/C15H14Cl2FNO2/c16-10-5-6-12(17)15(7-10)21-9-11(20)8-19-14-4-2-1-3-13(14)18/h1-7,11,19-20H,8-9H2. The van der Waals surface area contributed by atoms with E-state index in [1.165, 1.54) is 6.07 Å². The molecule has 0 aliphatic rings. The highest BCUT2D eigenvalue weighted by molar-refractivity contribution is 6.34. The molecule has 0 aliphatic heterocycles. The molecule has 2 aromatic rings. The van der Waals surface area contributed by atoms with Gasteiger partial charge in [0.2, 0.25) is 0 Å². The van der Waals surface area contributed by atoms with Gasteiger partial charge in [0.25, 0.3) is 0 Å². The molecule has 0 aromatic heterocycles. The van der Waals surface area contributed by atoms with E-state index in [1.54, 1.807) is 36.4 Å². The number of benzene rings is 2. The molecule has 2 aromatic carbocycles. The highest BCUT2D eigenvalue weighted by Gasteiger charge is 2.09. The third-order valence-electron chi connectivity index (χ3n) is 2.73. The molecule has 0 heterocycles. The monoisotopic (exact) mass is 329 g/mol. The SMILES string of the molecule is OC(CNc1ccccc1F)COc1cc(Cl)ccc1Cl. The average molecular weight is 330 g/mol. The summed E-state index contributed by atoms with van der Waals surface area (Å²) in [4.78, 5) is 0. The summed E-state index contributed by atoms with van der Waals surface area (Å²) in [5.41, 5.74) is 0.331. The van der Waals surface area contributed by atoms with Crippen molar-refractivity contribution in [1.29, 1.82) is 0 Å².